The van der Waals surface area contributed by atoms with E-state index in [1.807, 2.05) is 10.9 Å². The summed E-state index contributed by atoms with van der Waals surface area (Å²) in [5.41, 5.74) is -0.252. The van der Waals surface area contributed by atoms with Crippen LogP contribution in [0.4, 0.5) is 0 Å². The maximum atomic E-state index is 10.0. The molecular weight excluding hydrogens is 288 g/mol. The molecule has 23 heavy (non-hydrogen) atoms. The molecule has 0 bridgehead atoms. The van der Waals surface area contributed by atoms with E-state index in [1.54, 1.807) is 13.8 Å². The van der Waals surface area contributed by atoms with Gasteiger partial charge in [0.05, 0.1) is 12.2 Å². The molecule has 1 aromatic rings. The van der Waals surface area contributed by atoms with Gasteiger partial charge in [0, 0.05) is 19.6 Å². The minimum absolute atomic E-state index is 0.422. The number of hydrogen-bond acceptors (Lipinski definition) is 4. The second-order valence-electron chi connectivity index (χ2n) is 7.59. The number of piperidine rings is 1. The lowest BCUT2D eigenvalue weighted by Crippen LogP contribution is -2.37. The second-order valence-corrected chi connectivity index (χ2v) is 7.59. The van der Waals surface area contributed by atoms with Gasteiger partial charge in [0.2, 0.25) is 0 Å². The van der Waals surface area contributed by atoms with Gasteiger partial charge in [-0.05, 0) is 39.0 Å². The Hall–Kier alpha value is -0.940. The van der Waals surface area contributed by atoms with Crippen LogP contribution < -0.4 is 0 Å². The van der Waals surface area contributed by atoms with Gasteiger partial charge in [-0.25, -0.2) is 4.68 Å². The van der Waals surface area contributed by atoms with Crippen molar-refractivity contribution in [3.8, 4) is 0 Å². The zero-order valence-electron chi connectivity index (χ0n) is 15.3. The molecule has 2 rings (SSSR count). The van der Waals surface area contributed by atoms with E-state index in [2.05, 4.69) is 29.1 Å². The van der Waals surface area contributed by atoms with Crippen molar-refractivity contribution >= 4 is 0 Å². The maximum Gasteiger partial charge on any atom is 0.114 e. The summed E-state index contributed by atoms with van der Waals surface area (Å²) in [6.07, 6.45) is 9.47. The molecule has 132 valence electrons. The third-order valence-corrected chi connectivity index (χ3v) is 5.13. The summed E-state index contributed by atoms with van der Waals surface area (Å²) in [5, 5.41) is 18.4. The van der Waals surface area contributed by atoms with Crippen molar-refractivity contribution < 1.29 is 5.11 Å². The normalized spacial score (nSPS) is 19.2. The second kappa shape index (κ2) is 8.25. The zero-order chi connectivity index (χ0) is 16.9. The van der Waals surface area contributed by atoms with Crippen LogP contribution in [0.25, 0.3) is 0 Å². The van der Waals surface area contributed by atoms with Gasteiger partial charge in [-0.2, -0.15) is 0 Å². The molecule has 0 saturated carbocycles. The first-order valence-electron chi connectivity index (χ1n) is 9.31. The maximum absolute atomic E-state index is 10.0. The van der Waals surface area contributed by atoms with E-state index >= 15 is 0 Å². The summed E-state index contributed by atoms with van der Waals surface area (Å²) < 4.78 is 1.96. The van der Waals surface area contributed by atoms with Crippen molar-refractivity contribution in [3.05, 3.63) is 11.9 Å². The number of rotatable bonds is 8. The van der Waals surface area contributed by atoms with E-state index in [0.717, 1.165) is 31.8 Å². The molecule has 0 aromatic carbocycles. The zero-order valence-corrected chi connectivity index (χ0v) is 15.3. The van der Waals surface area contributed by atoms with E-state index in [0.29, 0.717) is 11.7 Å². The van der Waals surface area contributed by atoms with Crippen molar-refractivity contribution in [2.45, 2.75) is 77.9 Å². The molecule has 1 fully saturated rings. The van der Waals surface area contributed by atoms with Crippen LogP contribution in [0.5, 0.6) is 0 Å². The Morgan fingerprint density at radius 1 is 1.30 bits per heavy atom. The molecule has 1 aromatic heterocycles. The summed E-state index contributed by atoms with van der Waals surface area (Å²) in [4.78, 5) is 2.62. The minimum Gasteiger partial charge on any atom is -0.384 e. The summed E-state index contributed by atoms with van der Waals surface area (Å²) in [6, 6.07) is 0.422. The number of aromatic nitrogens is 3. The lowest BCUT2D eigenvalue weighted by atomic mass is 9.97. The molecule has 0 unspecified atom stereocenters. The third-order valence-electron chi connectivity index (χ3n) is 5.13. The molecule has 0 amide bonds. The van der Waals surface area contributed by atoms with Crippen LogP contribution in [0.3, 0.4) is 0 Å². The largest absolute Gasteiger partial charge is 0.384 e. The lowest BCUT2D eigenvalue weighted by molar-refractivity contribution is 0.0736. The summed E-state index contributed by atoms with van der Waals surface area (Å²) in [5.74, 6) is 0.847. The molecule has 1 saturated heterocycles. The standard InChI is InChI=1S/C18H34N4O/c1-5-7-8-15(6-2)13-21-11-9-16(10-12-21)22-14-17(19-20-22)18(3,4)23/h14-16,23H,5-13H2,1-4H3/t15-/m1/s1. The van der Waals surface area contributed by atoms with Crippen LogP contribution in [0.15, 0.2) is 6.20 Å². The molecular formula is C18H34N4O. The van der Waals surface area contributed by atoms with Crippen molar-refractivity contribution in [2.24, 2.45) is 5.92 Å². The Morgan fingerprint density at radius 2 is 2.00 bits per heavy atom. The van der Waals surface area contributed by atoms with Crippen LogP contribution in [0.2, 0.25) is 0 Å². The average Bonchev–Trinajstić information content (AvgIpc) is 3.02. The first-order valence-corrected chi connectivity index (χ1v) is 9.31. The first kappa shape index (κ1) is 18.4. The van der Waals surface area contributed by atoms with E-state index in [9.17, 15) is 5.11 Å². The molecule has 1 atom stereocenters. The smallest absolute Gasteiger partial charge is 0.114 e. The van der Waals surface area contributed by atoms with Crippen LogP contribution in [-0.4, -0.2) is 44.6 Å². The van der Waals surface area contributed by atoms with Crippen molar-refractivity contribution in [1.29, 1.82) is 0 Å². The third kappa shape index (κ3) is 5.28. The van der Waals surface area contributed by atoms with E-state index < -0.39 is 5.60 Å². The monoisotopic (exact) mass is 322 g/mol. The number of unbranched alkanes of at least 4 members (excludes halogenated alkanes) is 1. The predicted octanol–water partition coefficient (Wildman–Crippen LogP) is 3.36. The van der Waals surface area contributed by atoms with Gasteiger partial charge in [0.25, 0.3) is 0 Å². The number of hydrogen-bond donors (Lipinski definition) is 1. The van der Waals surface area contributed by atoms with E-state index in [-0.39, 0.29) is 0 Å². The highest BCUT2D eigenvalue weighted by molar-refractivity contribution is 5.03. The van der Waals surface area contributed by atoms with Crippen LogP contribution in [0.1, 0.15) is 78.0 Å². The highest BCUT2D eigenvalue weighted by Crippen LogP contribution is 2.25. The molecule has 0 aliphatic carbocycles. The Morgan fingerprint density at radius 3 is 2.52 bits per heavy atom. The van der Waals surface area contributed by atoms with Crippen molar-refractivity contribution in [3.63, 3.8) is 0 Å². The number of nitrogens with zero attached hydrogens (tertiary/aromatic N) is 4. The topological polar surface area (TPSA) is 54.2 Å². The fourth-order valence-electron chi connectivity index (χ4n) is 3.38. The summed E-state index contributed by atoms with van der Waals surface area (Å²) in [7, 11) is 0. The molecule has 0 spiro atoms. The Labute approximate surface area is 141 Å². The molecule has 0 radical (unpaired) electrons. The van der Waals surface area contributed by atoms with Gasteiger partial charge in [-0.15, -0.1) is 5.10 Å². The fraction of sp³-hybridized carbons (Fsp3) is 0.889. The molecule has 2 heterocycles. The van der Waals surface area contributed by atoms with Crippen LogP contribution in [0, 0.1) is 5.92 Å². The highest BCUT2D eigenvalue weighted by atomic mass is 16.3. The van der Waals surface area contributed by atoms with Crippen LogP contribution >= 0.6 is 0 Å². The SMILES string of the molecule is CCCC[C@@H](CC)CN1CCC(n2cc(C(C)(C)O)nn2)CC1. The fourth-order valence-corrected chi connectivity index (χ4v) is 3.38. The van der Waals surface area contributed by atoms with Crippen molar-refractivity contribution in [2.75, 3.05) is 19.6 Å². The Kier molecular flexibility index (Phi) is 6.60. The summed E-state index contributed by atoms with van der Waals surface area (Å²) in [6.45, 7) is 11.6. The van der Waals surface area contributed by atoms with Crippen molar-refractivity contribution in [1.82, 2.24) is 19.9 Å². The van der Waals surface area contributed by atoms with Gasteiger partial charge >= 0.3 is 0 Å². The number of likely N-dealkylation sites (tertiary alicyclic amines) is 1. The highest BCUT2D eigenvalue weighted by Gasteiger charge is 2.25. The van der Waals surface area contributed by atoms with Gasteiger partial charge < -0.3 is 10.0 Å². The lowest BCUT2D eigenvalue weighted by Gasteiger charge is -2.34. The quantitative estimate of drug-likeness (QED) is 0.797. The first-order chi connectivity index (χ1) is 10.9. The van der Waals surface area contributed by atoms with E-state index in [1.165, 1.54) is 32.2 Å². The summed E-state index contributed by atoms with van der Waals surface area (Å²) >= 11 is 0. The minimum atomic E-state index is -0.910. The molecule has 1 aliphatic heterocycles. The molecule has 1 N–H and O–H groups in total. The predicted molar refractivity (Wildman–Crippen MR) is 93.3 cm³/mol. The average molecular weight is 322 g/mol. The Bertz CT molecular complexity index is 458. The van der Waals surface area contributed by atoms with Gasteiger partial charge in [-0.3, -0.25) is 0 Å². The van der Waals surface area contributed by atoms with Gasteiger partial charge in [0.15, 0.2) is 0 Å². The van der Waals surface area contributed by atoms with Gasteiger partial charge in [-0.1, -0.05) is 38.3 Å². The van der Waals surface area contributed by atoms with Gasteiger partial charge in [0.1, 0.15) is 11.3 Å². The Balaban J connectivity index is 1.82. The van der Waals surface area contributed by atoms with Crippen LogP contribution in [-0.2, 0) is 5.60 Å². The number of aliphatic hydroxyl groups is 1. The molecule has 5 heteroatoms. The molecule has 1 aliphatic rings. The van der Waals surface area contributed by atoms with E-state index in [4.69, 9.17) is 0 Å². The molecule has 5 nitrogen and oxygen atoms in total.